The molecular weight excluding hydrogens is 174 g/mol. The fourth-order valence-corrected chi connectivity index (χ4v) is 1.36. The topological polar surface area (TPSA) is 33.0 Å². The lowest BCUT2D eigenvalue weighted by molar-refractivity contribution is 0.799. The normalized spacial score (nSPS) is 10.7. The van der Waals surface area contributed by atoms with Crippen molar-refractivity contribution in [1.29, 1.82) is 0 Å². The molecule has 0 saturated heterocycles. The third-order valence-corrected chi connectivity index (χ3v) is 2.16. The number of nitrogens with zero attached hydrogens (tertiary/aromatic N) is 2. The predicted molar refractivity (Wildman–Crippen MR) is 56.4 cm³/mol. The first-order valence-corrected chi connectivity index (χ1v) is 4.58. The van der Waals surface area contributed by atoms with Gasteiger partial charge in [0.15, 0.2) is 5.69 Å². The van der Waals surface area contributed by atoms with Gasteiger partial charge in [-0.25, -0.2) is 9.83 Å². The van der Waals surface area contributed by atoms with E-state index in [1.165, 1.54) is 0 Å². The van der Waals surface area contributed by atoms with E-state index in [4.69, 9.17) is 6.57 Å². The first-order valence-electron chi connectivity index (χ1n) is 4.58. The Kier molecular flexibility index (Phi) is 1.97. The van der Waals surface area contributed by atoms with Crippen molar-refractivity contribution in [2.75, 3.05) is 0 Å². The van der Waals surface area contributed by atoms with Gasteiger partial charge in [0.25, 0.3) is 0 Å². The van der Waals surface area contributed by atoms with Crippen LogP contribution >= 0.6 is 0 Å². The number of benzene rings is 1. The fraction of sp³-hybridized carbons (Fsp3) is 0.273. The molecule has 0 saturated carbocycles. The second-order valence-electron chi connectivity index (χ2n) is 3.59. The molecule has 70 valence electrons. The summed E-state index contributed by atoms with van der Waals surface area (Å²) in [6.45, 7) is 11.1. The highest BCUT2D eigenvalue weighted by atomic mass is 14.9. The minimum absolute atomic E-state index is 0.388. The van der Waals surface area contributed by atoms with E-state index in [9.17, 15) is 0 Å². The maximum Gasteiger partial charge on any atom is 0.189 e. The van der Waals surface area contributed by atoms with Gasteiger partial charge in [0.1, 0.15) is 5.82 Å². The van der Waals surface area contributed by atoms with Gasteiger partial charge < -0.3 is 4.98 Å². The van der Waals surface area contributed by atoms with Crippen LogP contribution in [0.4, 0.5) is 5.69 Å². The van der Waals surface area contributed by atoms with E-state index in [-0.39, 0.29) is 0 Å². The van der Waals surface area contributed by atoms with Gasteiger partial charge in [-0.1, -0.05) is 19.9 Å². The van der Waals surface area contributed by atoms with Gasteiger partial charge in [0, 0.05) is 5.92 Å². The molecule has 3 heteroatoms. The molecule has 0 amide bonds. The number of hydrogen-bond donors (Lipinski definition) is 1. The van der Waals surface area contributed by atoms with E-state index in [0.717, 1.165) is 16.9 Å². The van der Waals surface area contributed by atoms with Crippen molar-refractivity contribution in [3.05, 3.63) is 35.4 Å². The quantitative estimate of drug-likeness (QED) is 0.680. The zero-order valence-corrected chi connectivity index (χ0v) is 8.20. The molecule has 2 aromatic rings. The number of aromatic amines is 1. The summed E-state index contributed by atoms with van der Waals surface area (Å²) in [7, 11) is 0. The molecule has 0 radical (unpaired) electrons. The summed E-state index contributed by atoms with van der Waals surface area (Å²) in [5, 5.41) is 0. The Hall–Kier alpha value is -1.82. The first kappa shape index (κ1) is 8.76. The molecule has 0 fully saturated rings. The van der Waals surface area contributed by atoms with Crippen molar-refractivity contribution in [2.24, 2.45) is 0 Å². The summed E-state index contributed by atoms with van der Waals surface area (Å²) < 4.78 is 0. The van der Waals surface area contributed by atoms with Crippen LogP contribution in [-0.2, 0) is 0 Å². The number of hydrogen-bond acceptors (Lipinski definition) is 1. The molecule has 2 rings (SSSR count). The molecule has 0 bridgehead atoms. The van der Waals surface area contributed by atoms with Crippen LogP contribution in [0.25, 0.3) is 15.9 Å². The number of rotatable bonds is 1. The highest BCUT2D eigenvalue weighted by Gasteiger charge is 2.06. The number of H-pyrrole nitrogens is 1. The lowest BCUT2D eigenvalue weighted by Gasteiger charge is -1.95. The van der Waals surface area contributed by atoms with Crippen molar-refractivity contribution in [3.63, 3.8) is 0 Å². The highest BCUT2D eigenvalue weighted by molar-refractivity contribution is 5.79. The summed E-state index contributed by atoms with van der Waals surface area (Å²) >= 11 is 0. The van der Waals surface area contributed by atoms with Crippen molar-refractivity contribution in [1.82, 2.24) is 9.97 Å². The highest BCUT2D eigenvalue weighted by Crippen LogP contribution is 2.21. The van der Waals surface area contributed by atoms with E-state index >= 15 is 0 Å². The Balaban J connectivity index is 2.61. The number of nitrogens with one attached hydrogen (secondary N) is 1. The second kappa shape index (κ2) is 3.15. The van der Waals surface area contributed by atoms with Gasteiger partial charge in [-0.15, -0.1) is 0 Å². The molecule has 1 heterocycles. The third kappa shape index (κ3) is 1.35. The van der Waals surface area contributed by atoms with Gasteiger partial charge >= 0.3 is 0 Å². The van der Waals surface area contributed by atoms with Gasteiger partial charge in [0.05, 0.1) is 17.6 Å². The maximum absolute atomic E-state index is 6.90. The van der Waals surface area contributed by atoms with Crippen LogP contribution in [0.1, 0.15) is 25.6 Å². The molecular formula is C11H11N3. The molecule has 0 aliphatic rings. The number of aromatic nitrogens is 2. The molecule has 1 aromatic heterocycles. The molecule has 0 unspecified atom stereocenters. The molecule has 0 aliphatic carbocycles. The minimum Gasteiger partial charge on any atom is -0.343 e. The molecule has 1 N–H and O–H groups in total. The maximum atomic E-state index is 6.90. The molecule has 3 nitrogen and oxygen atoms in total. The first-order chi connectivity index (χ1) is 6.70. The minimum atomic E-state index is 0.388. The van der Waals surface area contributed by atoms with Crippen molar-refractivity contribution < 1.29 is 0 Å². The smallest absolute Gasteiger partial charge is 0.189 e. The number of imidazole rings is 1. The lowest BCUT2D eigenvalue weighted by Crippen LogP contribution is -1.88. The van der Waals surface area contributed by atoms with Crippen LogP contribution in [0, 0.1) is 6.57 Å². The van der Waals surface area contributed by atoms with Crippen LogP contribution in [0.15, 0.2) is 18.2 Å². The largest absolute Gasteiger partial charge is 0.343 e. The summed E-state index contributed by atoms with van der Waals surface area (Å²) in [6, 6.07) is 5.51. The van der Waals surface area contributed by atoms with Crippen LogP contribution in [0.2, 0.25) is 0 Å². The van der Waals surface area contributed by atoms with Crippen molar-refractivity contribution in [3.8, 4) is 0 Å². The average Bonchev–Trinajstić information content (AvgIpc) is 2.59. The van der Waals surface area contributed by atoms with Crippen LogP contribution < -0.4 is 0 Å². The van der Waals surface area contributed by atoms with Crippen LogP contribution in [0.3, 0.4) is 0 Å². The molecule has 0 atom stereocenters. The average molecular weight is 185 g/mol. The molecule has 14 heavy (non-hydrogen) atoms. The molecule has 0 spiro atoms. The van der Waals surface area contributed by atoms with Crippen molar-refractivity contribution in [2.45, 2.75) is 19.8 Å². The van der Waals surface area contributed by atoms with Crippen LogP contribution in [-0.4, -0.2) is 9.97 Å². The molecule has 0 aliphatic heterocycles. The third-order valence-electron chi connectivity index (χ3n) is 2.16. The Morgan fingerprint density at radius 1 is 1.43 bits per heavy atom. The zero-order chi connectivity index (χ0) is 10.1. The fourth-order valence-electron chi connectivity index (χ4n) is 1.36. The summed E-state index contributed by atoms with van der Waals surface area (Å²) in [5.74, 6) is 1.36. The Labute approximate surface area is 82.6 Å². The van der Waals surface area contributed by atoms with Gasteiger partial charge in [0.2, 0.25) is 0 Å². The van der Waals surface area contributed by atoms with E-state index in [0.29, 0.717) is 11.6 Å². The Bertz CT molecular complexity index is 503. The predicted octanol–water partition coefficient (Wildman–Crippen LogP) is 3.24. The van der Waals surface area contributed by atoms with E-state index < -0.39 is 0 Å². The van der Waals surface area contributed by atoms with E-state index in [1.54, 1.807) is 6.07 Å². The van der Waals surface area contributed by atoms with Crippen LogP contribution in [0.5, 0.6) is 0 Å². The van der Waals surface area contributed by atoms with Gasteiger partial charge in [-0.05, 0) is 12.1 Å². The Morgan fingerprint density at radius 2 is 2.21 bits per heavy atom. The summed E-state index contributed by atoms with van der Waals surface area (Å²) in [5.41, 5.74) is 2.53. The summed E-state index contributed by atoms with van der Waals surface area (Å²) in [6.07, 6.45) is 0. The molecule has 1 aromatic carbocycles. The van der Waals surface area contributed by atoms with Gasteiger partial charge in [-0.2, -0.15) is 0 Å². The van der Waals surface area contributed by atoms with E-state index in [1.807, 2.05) is 12.1 Å². The van der Waals surface area contributed by atoms with E-state index in [2.05, 4.69) is 28.7 Å². The summed E-state index contributed by atoms with van der Waals surface area (Å²) in [4.78, 5) is 11.0. The lowest BCUT2D eigenvalue weighted by atomic mass is 10.2. The zero-order valence-electron chi connectivity index (χ0n) is 8.20. The van der Waals surface area contributed by atoms with Crippen molar-refractivity contribution >= 4 is 16.7 Å². The van der Waals surface area contributed by atoms with Gasteiger partial charge in [-0.3, -0.25) is 0 Å². The number of fused-ring (bicyclic) bond motifs is 1. The Morgan fingerprint density at radius 3 is 2.86 bits per heavy atom. The monoisotopic (exact) mass is 185 g/mol. The SMILES string of the molecule is [C-]#[N+]c1ccc2nc(C(C)C)[nH]c2c1. The standard InChI is InChI=1S/C11H11N3/c1-7(2)11-13-9-5-4-8(12-3)6-10(9)14-11/h4-7H,1-2H3,(H,13,14). The second-order valence-corrected chi connectivity index (χ2v) is 3.59.